The summed E-state index contributed by atoms with van der Waals surface area (Å²) in [5.74, 6) is 0.571. The second-order valence-electron chi connectivity index (χ2n) is 2.42. The van der Waals surface area contributed by atoms with E-state index in [2.05, 4.69) is 12.2 Å². The zero-order valence-corrected chi connectivity index (χ0v) is 7.81. The molecule has 5 heteroatoms. The van der Waals surface area contributed by atoms with Gasteiger partial charge in [-0.15, -0.1) is 0 Å². The molecule has 0 N–H and O–H groups in total. The minimum Gasteiger partial charge on any atom is -0.641 e. The Morgan fingerprint density at radius 3 is 3.00 bits per heavy atom. The lowest BCUT2D eigenvalue weighted by molar-refractivity contribution is -0.204. The van der Waals surface area contributed by atoms with Gasteiger partial charge in [-0.3, -0.25) is 0 Å². The third-order valence-electron chi connectivity index (χ3n) is 1.56. The Hall–Kier alpha value is -0.280. The molecule has 12 heavy (non-hydrogen) atoms. The summed E-state index contributed by atoms with van der Waals surface area (Å²) < 4.78 is 9.81. The number of benzene rings is 1. The van der Waals surface area contributed by atoms with Gasteiger partial charge in [0.2, 0.25) is 0 Å². The molecular formula is C7H6O3PS-. The molecule has 0 aliphatic carbocycles. The zero-order chi connectivity index (χ0) is 8.60. The molecule has 0 radical (unpaired) electrons. The smallest absolute Gasteiger partial charge is 0.179 e. The largest absolute Gasteiger partial charge is 0.641 e. The SMILES string of the molecule is [O-][P+]1([S-])OCc2ccccc2O1. The molecule has 3 nitrogen and oxygen atoms in total. The highest BCUT2D eigenvalue weighted by molar-refractivity contribution is 8.35. The van der Waals surface area contributed by atoms with Crippen molar-refractivity contribution in [3.8, 4) is 5.75 Å². The first kappa shape index (κ1) is 8.32. The van der Waals surface area contributed by atoms with Crippen LogP contribution in [0.3, 0.4) is 0 Å². The Morgan fingerprint density at radius 2 is 2.17 bits per heavy atom. The lowest BCUT2D eigenvalue weighted by Crippen LogP contribution is -2.20. The van der Waals surface area contributed by atoms with Crippen molar-refractivity contribution in [2.75, 3.05) is 0 Å². The Bertz CT molecular complexity index is 302. The van der Waals surface area contributed by atoms with Gasteiger partial charge in [-0.05, 0) is 6.07 Å². The fraction of sp³-hybridized carbons (Fsp3) is 0.143. The maximum Gasteiger partial charge on any atom is 0.179 e. The van der Waals surface area contributed by atoms with E-state index in [-0.39, 0.29) is 6.61 Å². The van der Waals surface area contributed by atoms with Crippen LogP contribution in [0.4, 0.5) is 0 Å². The summed E-state index contributed by atoms with van der Waals surface area (Å²) in [4.78, 5) is 11.2. The molecule has 1 aromatic rings. The maximum atomic E-state index is 11.2. The topological polar surface area (TPSA) is 41.5 Å². The standard InChI is InChI=1S/C7H7O3PS/c8-11(12)9-5-6-3-1-2-4-7(6)10-11/h1-4H,5H2,(H,8,12)/p-1. The van der Waals surface area contributed by atoms with E-state index in [9.17, 15) is 4.89 Å². The van der Waals surface area contributed by atoms with Gasteiger partial charge in [-0.1, -0.05) is 18.2 Å². The zero-order valence-electron chi connectivity index (χ0n) is 6.10. The van der Waals surface area contributed by atoms with E-state index in [4.69, 9.17) is 9.05 Å². The molecule has 0 bridgehead atoms. The average Bonchev–Trinajstić information content (AvgIpc) is 2.02. The molecule has 1 aromatic carbocycles. The van der Waals surface area contributed by atoms with Crippen molar-refractivity contribution >= 4 is 19.4 Å². The summed E-state index contributed by atoms with van der Waals surface area (Å²) in [7, 11) is -3.24. The first-order chi connectivity index (χ1) is 5.67. The normalized spacial score (nSPS) is 27.5. The highest BCUT2D eigenvalue weighted by atomic mass is 32.7. The van der Waals surface area contributed by atoms with Crippen molar-refractivity contribution in [1.82, 2.24) is 0 Å². The van der Waals surface area contributed by atoms with Crippen LogP contribution in [0.15, 0.2) is 24.3 Å². The number of hydrogen-bond acceptors (Lipinski definition) is 4. The Kier molecular flexibility index (Phi) is 2.00. The van der Waals surface area contributed by atoms with Crippen molar-refractivity contribution in [3.05, 3.63) is 29.8 Å². The van der Waals surface area contributed by atoms with Crippen molar-refractivity contribution in [2.24, 2.45) is 0 Å². The predicted octanol–water partition coefficient (Wildman–Crippen LogP) is 1.18. The Balaban J connectivity index is 2.35. The predicted molar refractivity (Wildman–Crippen MR) is 46.1 cm³/mol. The van der Waals surface area contributed by atoms with E-state index in [1.165, 1.54) is 0 Å². The summed E-state index contributed by atoms with van der Waals surface area (Å²) in [6, 6.07) is 7.26. The summed E-state index contributed by atoms with van der Waals surface area (Å²) in [6.07, 6.45) is 0. The highest BCUT2D eigenvalue weighted by Gasteiger charge is 2.23. The molecule has 1 atom stereocenters. The van der Waals surface area contributed by atoms with Crippen LogP contribution >= 0.6 is 7.15 Å². The fourth-order valence-electron chi connectivity index (χ4n) is 1.01. The third-order valence-corrected chi connectivity index (χ3v) is 2.97. The van der Waals surface area contributed by atoms with Crippen molar-refractivity contribution < 1.29 is 13.9 Å². The second kappa shape index (κ2) is 2.89. The number of para-hydroxylation sites is 1. The molecule has 0 saturated carbocycles. The minimum absolute atomic E-state index is 0.275. The van der Waals surface area contributed by atoms with E-state index >= 15 is 0 Å². The molecule has 1 unspecified atom stereocenters. The van der Waals surface area contributed by atoms with Crippen LogP contribution in [0, 0.1) is 0 Å². The molecule has 1 aliphatic rings. The van der Waals surface area contributed by atoms with Gasteiger partial charge in [0.25, 0.3) is 0 Å². The van der Waals surface area contributed by atoms with Gasteiger partial charge < -0.3 is 21.7 Å². The molecule has 1 aliphatic heterocycles. The van der Waals surface area contributed by atoms with Crippen LogP contribution < -0.4 is 9.42 Å². The van der Waals surface area contributed by atoms with Crippen molar-refractivity contribution in [3.63, 3.8) is 0 Å². The second-order valence-corrected chi connectivity index (χ2v) is 5.10. The first-order valence-corrected chi connectivity index (χ1v) is 5.96. The quantitative estimate of drug-likeness (QED) is 0.467. The summed E-state index contributed by atoms with van der Waals surface area (Å²) >= 11 is 4.58. The first-order valence-electron chi connectivity index (χ1n) is 3.40. The minimum atomic E-state index is -3.24. The third kappa shape index (κ3) is 1.57. The molecule has 0 fully saturated rings. The maximum absolute atomic E-state index is 11.2. The van der Waals surface area contributed by atoms with Crippen LogP contribution in [0.2, 0.25) is 0 Å². The van der Waals surface area contributed by atoms with E-state index in [1.807, 2.05) is 12.1 Å². The number of rotatable bonds is 0. The van der Waals surface area contributed by atoms with Gasteiger partial charge in [0.05, 0.1) is 0 Å². The van der Waals surface area contributed by atoms with Gasteiger partial charge in [0.15, 0.2) is 12.9 Å². The molecule has 0 spiro atoms. The van der Waals surface area contributed by atoms with Crippen LogP contribution in [0.5, 0.6) is 5.75 Å². The molecule has 1 heterocycles. The van der Waals surface area contributed by atoms with Crippen molar-refractivity contribution in [1.29, 1.82) is 0 Å². The molecule has 0 saturated heterocycles. The van der Waals surface area contributed by atoms with Gasteiger partial charge in [-0.25, -0.2) is 4.52 Å². The van der Waals surface area contributed by atoms with Gasteiger partial charge in [0.1, 0.15) is 6.61 Å². The van der Waals surface area contributed by atoms with E-state index in [0.29, 0.717) is 5.75 Å². The van der Waals surface area contributed by atoms with Gasteiger partial charge in [0, 0.05) is 5.56 Å². The van der Waals surface area contributed by atoms with Crippen LogP contribution in [0.1, 0.15) is 5.56 Å². The van der Waals surface area contributed by atoms with Crippen LogP contribution in [-0.4, -0.2) is 0 Å². The van der Waals surface area contributed by atoms with Crippen molar-refractivity contribution in [2.45, 2.75) is 6.61 Å². The summed E-state index contributed by atoms with van der Waals surface area (Å²) in [5, 5.41) is 0. The lowest BCUT2D eigenvalue weighted by atomic mass is 10.2. The summed E-state index contributed by atoms with van der Waals surface area (Å²) in [5.41, 5.74) is 0.883. The van der Waals surface area contributed by atoms with Gasteiger partial charge in [-0.2, -0.15) is 0 Å². The Labute approximate surface area is 76.1 Å². The molecular weight excluding hydrogens is 195 g/mol. The average molecular weight is 201 g/mol. The number of hydrogen-bond donors (Lipinski definition) is 0. The molecule has 0 amide bonds. The Morgan fingerprint density at radius 1 is 1.42 bits per heavy atom. The molecule has 64 valence electrons. The fourth-order valence-corrected chi connectivity index (χ4v) is 2.18. The molecule has 2 rings (SSSR count). The monoisotopic (exact) mass is 201 g/mol. The van der Waals surface area contributed by atoms with E-state index in [1.54, 1.807) is 12.1 Å². The summed E-state index contributed by atoms with van der Waals surface area (Å²) in [6.45, 7) is 0.275. The molecule has 0 aromatic heterocycles. The van der Waals surface area contributed by atoms with E-state index in [0.717, 1.165) is 5.56 Å². The number of fused-ring (bicyclic) bond motifs is 1. The lowest BCUT2D eigenvalue weighted by Gasteiger charge is -2.36. The van der Waals surface area contributed by atoms with Gasteiger partial charge >= 0.3 is 0 Å². The van der Waals surface area contributed by atoms with E-state index < -0.39 is 7.15 Å². The highest BCUT2D eigenvalue weighted by Crippen LogP contribution is 2.54. The van der Waals surface area contributed by atoms with Crippen LogP contribution in [-0.2, 0) is 23.4 Å². The van der Waals surface area contributed by atoms with Crippen LogP contribution in [0.25, 0.3) is 0 Å².